The Hall–Kier alpha value is -6.64. The maximum Gasteiger partial charge on any atom is 0.0547 e. The Balaban J connectivity index is 1.37. The second-order valence-corrected chi connectivity index (χ2v) is 13.8. The highest BCUT2D eigenvalue weighted by Gasteiger charge is 2.22. The standard InChI is InChI=1S/C50H36N2/c1-33-17-9-13-25-45(33)51-47-27-15-11-23-37(47)43-29-41(39(31-49(43)51)35-19-5-3-6-20-35)42-30-44-38-24-12-16-28-48(38)52(46-26-14-10-18-34(46)2)50(44)32-40(42)36-21-7-4-8-22-36/h3-32H,1-2H3. The van der Waals surface area contributed by atoms with Gasteiger partial charge in [0.25, 0.3) is 0 Å². The molecular weight excluding hydrogens is 629 g/mol. The van der Waals surface area contributed by atoms with Gasteiger partial charge in [0.05, 0.1) is 22.1 Å². The maximum atomic E-state index is 2.46. The highest BCUT2D eigenvalue weighted by molar-refractivity contribution is 6.16. The molecule has 0 spiro atoms. The van der Waals surface area contributed by atoms with Gasteiger partial charge in [-0.1, -0.05) is 133 Å². The van der Waals surface area contributed by atoms with Crippen molar-refractivity contribution in [2.75, 3.05) is 0 Å². The number of hydrogen-bond donors (Lipinski definition) is 0. The molecule has 0 radical (unpaired) electrons. The van der Waals surface area contributed by atoms with E-state index >= 15 is 0 Å². The SMILES string of the molecule is Cc1ccccc1-n1c2ccccc2c2cc(-c3cc4c5ccccc5n(-c5ccccc5C)c4cc3-c3ccccc3)c(-c3ccccc3)cc21. The van der Waals surface area contributed by atoms with Crippen LogP contribution < -0.4 is 0 Å². The largest absolute Gasteiger partial charge is 0.309 e. The lowest BCUT2D eigenvalue weighted by molar-refractivity contribution is 1.15. The van der Waals surface area contributed by atoms with E-state index < -0.39 is 0 Å². The molecule has 0 N–H and O–H groups in total. The van der Waals surface area contributed by atoms with E-state index in [4.69, 9.17) is 0 Å². The van der Waals surface area contributed by atoms with Gasteiger partial charge < -0.3 is 9.13 Å². The van der Waals surface area contributed by atoms with Crippen molar-refractivity contribution in [2.24, 2.45) is 0 Å². The number of para-hydroxylation sites is 4. The Morgan fingerprint density at radius 3 is 1.08 bits per heavy atom. The molecule has 0 aliphatic heterocycles. The summed E-state index contributed by atoms with van der Waals surface area (Å²) in [6, 6.07) is 66.7. The maximum absolute atomic E-state index is 2.46. The molecule has 2 nitrogen and oxygen atoms in total. The summed E-state index contributed by atoms with van der Waals surface area (Å²) < 4.78 is 4.90. The minimum absolute atomic E-state index is 1.20. The molecule has 0 unspecified atom stereocenters. The van der Waals surface area contributed by atoms with Gasteiger partial charge in [-0.05, 0) is 107 Å². The first-order valence-electron chi connectivity index (χ1n) is 18.0. The van der Waals surface area contributed by atoms with Crippen LogP contribution in [0.15, 0.2) is 182 Å². The third-order valence-corrected chi connectivity index (χ3v) is 10.8. The summed E-state index contributed by atoms with van der Waals surface area (Å²) >= 11 is 0. The summed E-state index contributed by atoms with van der Waals surface area (Å²) in [4.78, 5) is 0. The van der Waals surface area contributed by atoms with Crippen LogP contribution in [0.1, 0.15) is 11.1 Å². The van der Waals surface area contributed by atoms with Crippen molar-refractivity contribution in [3.63, 3.8) is 0 Å². The lowest BCUT2D eigenvalue weighted by Crippen LogP contribution is -1.98. The quantitative estimate of drug-likeness (QED) is 0.173. The van der Waals surface area contributed by atoms with Gasteiger partial charge in [0.1, 0.15) is 0 Å². The van der Waals surface area contributed by atoms with Gasteiger partial charge in [-0.25, -0.2) is 0 Å². The minimum Gasteiger partial charge on any atom is -0.309 e. The van der Waals surface area contributed by atoms with E-state index in [2.05, 4.69) is 205 Å². The van der Waals surface area contributed by atoms with Gasteiger partial charge >= 0.3 is 0 Å². The first kappa shape index (κ1) is 30.2. The zero-order chi connectivity index (χ0) is 34.8. The molecule has 0 saturated carbocycles. The molecule has 2 aromatic heterocycles. The van der Waals surface area contributed by atoms with Crippen LogP contribution in [0.5, 0.6) is 0 Å². The molecule has 0 aliphatic rings. The number of aryl methyl sites for hydroxylation is 2. The van der Waals surface area contributed by atoms with Crippen molar-refractivity contribution >= 4 is 43.6 Å². The molecular formula is C50H36N2. The van der Waals surface area contributed by atoms with Crippen LogP contribution in [-0.4, -0.2) is 9.13 Å². The van der Waals surface area contributed by atoms with Crippen LogP contribution in [0.3, 0.4) is 0 Å². The normalized spacial score (nSPS) is 11.7. The van der Waals surface area contributed by atoms with Crippen LogP contribution in [0, 0.1) is 13.8 Å². The summed E-state index contributed by atoms with van der Waals surface area (Å²) in [6.07, 6.45) is 0. The number of benzene rings is 8. The van der Waals surface area contributed by atoms with E-state index in [1.807, 2.05) is 0 Å². The fourth-order valence-corrected chi connectivity index (χ4v) is 8.34. The fraction of sp³-hybridized carbons (Fsp3) is 0.0400. The van der Waals surface area contributed by atoms with Gasteiger partial charge in [0, 0.05) is 32.9 Å². The average Bonchev–Trinajstić information content (AvgIpc) is 3.70. The van der Waals surface area contributed by atoms with E-state index in [1.54, 1.807) is 0 Å². The molecule has 0 fully saturated rings. The Labute approximate surface area is 303 Å². The Morgan fingerprint density at radius 1 is 0.288 bits per heavy atom. The first-order chi connectivity index (χ1) is 25.7. The lowest BCUT2D eigenvalue weighted by Gasteiger charge is -2.18. The molecule has 8 aromatic carbocycles. The molecule has 0 aliphatic carbocycles. The third-order valence-electron chi connectivity index (χ3n) is 10.8. The van der Waals surface area contributed by atoms with Crippen LogP contribution in [-0.2, 0) is 0 Å². The van der Waals surface area contributed by atoms with Crippen molar-refractivity contribution in [1.82, 2.24) is 9.13 Å². The predicted molar refractivity (Wildman–Crippen MR) is 221 cm³/mol. The summed E-state index contributed by atoms with van der Waals surface area (Å²) in [5.41, 5.74) is 17.0. The average molecular weight is 665 g/mol. The zero-order valence-electron chi connectivity index (χ0n) is 29.2. The van der Waals surface area contributed by atoms with Crippen molar-refractivity contribution in [2.45, 2.75) is 13.8 Å². The van der Waals surface area contributed by atoms with Crippen molar-refractivity contribution in [3.05, 3.63) is 193 Å². The molecule has 0 amide bonds. The second-order valence-electron chi connectivity index (χ2n) is 13.8. The monoisotopic (exact) mass is 664 g/mol. The molecule has 2 heteroatoms. The van der Waals surface area contributed by atoms with Crippen molar-refractivity contribution in [3.8, 4) is 44.8 Å². The molecule has 246 valence electrons. The molecule has 10 aromatic rings. The fourth-order valence-electron chi connectivity index (χ4n) is 8.34. The summed E-state index contributed by atoms with van der Waals surface area (Å²) in [6.45, 7) is 4.41. The van der Waals surface area contributed by atoms with Crippen molar-refractivity contribution < 1.29 is 0 Å². The van der Waals surface area contributed by atoms with Gasteiger partial charge in [-0.3, -0.25) is 0 Å². The topological polar surface area (TPSA) is 9.86 Å². The van der Waals surface area contributed by atoms with Crippen molar-refractivity contribution in [1.29, 1.82) is 0 Å². The molecule has 52 heavy (non-hydrogen) atoms. The Morgan fingerprint density at radius 2 is 0.654 bits per heavy atom. The number of rotatable bonds is 5. The van der Waals surface area contributed by atoms with Crippen LogP contribution in [0.2, 0.25) is 0 Å². The highest BCUT2D eigenvalue weighted by atomic mass is 15.0. The highest BCUT2D eigenvalue weighted by Crippen LogP contribution is 2.46. The summed E-state index contributed by atoms with van der Waals surface area (Å²) in [5, 5.41) is 4.99. The minimum atomic E-state index is 1.20. The number of aromatic nitrogens is 2. The van der Waals surface area contributed by atoms with Gasteiger partial charge in [-0.2, -0.15) is 0 Å². The van der Waals surface area contributed by atoms with E-state index in [0.29, 0.717) is 0 Å². The number of nitrogens with zero attached hydrogens (tertiary/aromatic N) is 2. The Kier molecular flexibility index (Phi) is 6.97. The summed E-state index contributed by atoms with van der Waals surface area (Å²) in [5.74, 6) is 0. The van der Waals surface area contributed by atoms with Gasteiger partial charge in [-0.15, -0.1) is 0 Å². The first-order valence-corrected chi connectivity index (χ1v) is 18.0. The number of fused-ring (bicyclic) bond motifs is 6. The molecule has 10 rings (SSSR count). The molecule has 2 heterocycles. The smallest absolute Gasteiger partial charge is 0.0547 e. The van der Waals surface area contributed by atoms with E-state index in [1.165, 1.54) is 99.5 Å². The Bertz CT molecular complexity index is 2760. The van der Waals surface area contributed by atoms with Crippen LogP contribution >= 0.6 is 0 Å². The second kappa shape index (κ2) is 12.0. The molecule has 0 saturated heterocycles. The third kappa shape index (κ3) is 4.65. The molecule has 0 bridgehead atoms. The predicted octanol–water partition coefficient (Wildman–Crippen LogP) is 13.5. The van der Waals surface area contributed by atoms with Crippen LogP contribution in [0.25, 0.3) is 88.4 Å². The molecule has 0 atom stereocenters. The zero-order valence-corrected chi connectivity index (χ0v) is 29.2. The van der Waals surface area contributed by atoms with Gasteiger partial charge in [0.15, 0.2) is 0 Å². The van der Waals surface area contributed by atoms with E-state index in [-0.39, 0.29) is 0 Å². The van der Waals surface area contributed by atoms with E-state index in [9.17, 15) is 0 Å². The lowest BCUT2D eigenvalue weighted by atomic mass is 9.87. The van der Waals surface area contributed by atoms with E-state index in [0.717, 1.165) is 0 Å². The van der Waals surface area contributed by atoms with Crippen LogP contribution in [0.4, 0.5) is 0 Å². The van der Waals surface area contributed by atoms with Gasteiger partial charge in [0.2, 0.25) is 0 Å². The summed E-state index contributed by atoms with van der Waals surface area (Å²) in [7, 11) is 0. The number of hydrogen-bond acceptors (Lipinski definition) is 0.